The van der Waals surface area contributed by atoms with Crippen molar-refractivity contribution < 1.29 is 19.1 Å². The lowest BCUT2D eigenvalue weighted by molar-refractivity contribution is -0.145. The number of carbonyl (C=O) groups excluding carboxylic acids is 3. The summed E-state index contributed by atoms with van der Waals surface area (Å²) in [5.74, 6) is -1.05. The van der Waals surface area contributed by atoms with Crippen LogP contribution in [0.2, 0.25) is 0 Å². The van der Waals surface area contributed by atoms with E-state index in [1.807, 2.05) is 26.8 Å². The average molecular weight is 274 g/mol. The maximum absolute atomic E-state index is 12.2. The number of carbonyl (C=O) groups is 3. The molecule has 2 rings (SSSR count). The zero-order valence-electron chi connectivity index (χ0n) is 11.9. The van der Waals surface area contributed by atoms with Crippen LogP contribution >= 0.6 is 0 Å². The number of ketones is 2. The topological polar surface area (TPSA) is 60.4 Å². The second-order valence-electron chi connectivity index (χ2n) is 5.31. The van der Waals surface area contributed by atoms with E-state index in [1.54, 1.807) is 12.1 Å². The summed E-state index contributed by atoms with van der Waals surface area (Å²) in [6.07, 6.45) is -0.449. The summed E-state index contributed by atoms with van der Waals surface area (Å²) in [6, 6.07) is 5.22. The fraction of sp³-hybridized carbons (Fsp3) is 0.438. The van der Waals surface area contributed by atoms with Crippen molar-refractivity contribution in [2.75, 3.05) is 0 Å². The predicted molar refractivity (Wildman–Crippen MR) is 74.0 cm³/mol. The fourth-order valence-electron chi connectivity index (χ4n) is 2.24. The van der Waals surface area contributed by atoms with E-state index >= 15 is 0 Å². The molecule has 0 bridgehead atoms. The minimum Gasteiger partial charge on any atom is -0.445 e. The van der Waals surface area contributed by atoms with Crippen molar-refractivity contribution in [3.05, 3.63) is 34.9 Å². The van der Waals surface area contributed by atoms with Gasteiger partial charge in [-0.05, 0) is 24.0 Å². The minimum absolute atomic E-state index is 0.213. The molecule has 0 spiro atoms. The van der Waals surface area contributed by atoms with Crippen molar-refractivity contribution in [3.8, 4) is 0 Å². The van der Waals surface area contributed by atoms with Gasteiger partial charge < -0.3 is 4.74 Å². The van der Waals surface area contributed by atoms with E-state index in [0.717, 1.165) is 5.56 Å². The van der Waals surface area contributed by atoms with E-state index < -0.39 is 23.6 Å². The molecular formula is C16H18O4. The Kier molecular flexibility index (Phi) is 4.02. The summed E-state index contributed by atoms with van der Waals surface area (Å²) in [4.78, 5) is 35.8. The normalized spacial score (nSPS) is 17.5. The summed E-state index contributed by atoms with van der Waals surface area (Å²) in [5, 5.41) is 0. The molecule has 0 saturated carbocycles. The second-order valence-corrected chi connectivity index (χ2v) is 5.31. The van der Waals surface area contributed by atoms with Gasteiger partial charge in [-0.3, -0.25) is 14.4 Å². The Hall–Kier alpha value is -1.97. The van der Waals surface area contributed by atoms with Crippen molar-refractivity contribution in [2.45, 2.75) is 45.6 Å². The molecule has 0 radical (unpaired) electrons. The average Bonchev–Trinajstić information content (AvgIpc) is 2.64. The van der Waals surface area contributed by atoms with Gasteiger partial charge >= 0.3 is 5.97 Å². The quantitative estimate of drug-likeness (QED) is 0.625. The molecule has 0 aliphatic heterocycles. The Morgan fingerprint density at radius 2 is 1.85 bits per heavy atom. The van der Waals surface area contributed by atoms with Gasteiger partial charge in [0.25, 0.3) is 0 Å². The first-order valence-corrected chi connectivity index (χ1v) is 6.87. The van der Waals surface area contributed by atoms with Crippen LogP contribution in [0, 0.1) is 0 Å². The van der Waals surface area contributed by atoms with Crippen LogP contribution in [0.5, 0.6) is 0 Å². The van der Waals surface area contributed by atoms with Gasteiger partial charge in [0.2, 0.25) is 17.7 Å². The number of ether oxygens (including phenoxy) is 1. The monoisotopic (exact) mass is 274 g/mol. The van der Waals surface area contributed by atoms with Gasteiger partial charge in [-0.15, -0.1) is 0 Å². The van der Waals surface area contributed by atoms with Crippen molar-refractivity contribution in [1.82, 2.24) is 0 Å². The van der Waals surface area contributed by atoms with Crippen molar-refractivity contribution >= 4 is 17.5 Å². The standard InChI is InChI=1S/C16H18O4/c1-4-5-13(17)20-16-14(18)11-7-6-10(9(2)3)8-12(11)15(16)19/h6-9,16H,4-5H2,1-3H3. The Morgan fingerprint density at radius 1 is 1.20 bits per heavy atom. The molecule has 4 nitrogen and oxygen atoms in total. The SMILES string of the molecule is CCCC(=O)OC1C(=O)c2ccc(C(C)C)cc2C1=O. The van der Waals surface area contributed by atoms with Gasteiger partial charge in [-0.2, -0.15) is 0 Å². The minimum atomic E-state index is -1.29. The van der Waals surface area contributed by atoms with Gasteiger partial charge in [-0.25, -0.2) is 0 Å². The van der Waals surface area contributed by atoms with E-state index in [9.17, 15) is 14.4 Å². The molecule has 20 heavy (non-hydrogen) atoms. The molecule has 106 valence electrons. The van der Waals surface area contributed by atoms with Crippen LogP contribution in [0.1, 0.15) is 65.8 Å². The summed E-state index contributed by atoms with van der Waals surface area (Å²) in [6.45, 7) is 5.87. The van der Waals surface area contributed by atoms with Crippen LogP contribution in [0.4, 0.5) is 0 Å². The van der Waals surface area contributed by atoms with Crippen LogP contribution in [0.25, 0.3) is 0 Å². The number of fused-ring (bicyclic) bond motifs is 1. The molecule has 1 aliphatic rings. The fourth-order valence-corrected chi connectivity index (χ4v) is 2.24. The Morgan fingerprint density at radius 3 is 2.45 bits per heavy atom. The zero-order chi connectivity index (χ0) is 14.9. The van der Waals surface area contributed by atoms with Gasteiger partial charge in [0.05, 0.1) is 0 Å². The van der Waals surface area contributed by atoms with Crippen LogP contribution in [0.15, 0.2) is 18.2 Å². The zero-order valence-corrected chi connectivity index (χ0v) is 11.9. The number of hydrogen-bond acceptors (Lipinski definition) is 4. The summed E-state index contributed by atoms with van der Waals surface area (Å²) in [7, 11) is 0. The number of rotatable bonds is 4. The van der Waals surface area contributed by atoms with E-state index in [4.69, 9.17) is 4.74 Å². The lowest BCUT2D eigenvalue weighted by Gasteiger charge is -2.08. The second kappa shape index (κ2) is 5.57. The molecule has 0 saturated heterocycles. The van der Waals surface area contributed by atoms with Crippen LogP contribution in [-0.2, 0) is 9.53 Å². The molecule has 0 N–H and O–H groups in total. The molecule has 1 aromatic carbocycles. The molecule has 1 aliphatic carbocycles. The summed E-state index contributed by atoms with van der Waals surface area (Å²) in [5.41, 5.74) is 1.72. The number of esters is 1. The smallest absolute Gasteiger partial charge is 0.306 e. The van der Waals surface area contributed by atoms with Crippen molar-refractivity contribution in [2.24, 2.45) is 0 Å². The van der Waals surface area contributed by atoms with Gasteiger partial charge in [0, 0.05) is 17.5 Å². The Labute approximate surface area is 118 Å². The van der Waals surface area contributed by atoms with E-state index in [1.165, 1.54) is 0 Å². The third-order valence-corrected chi connectivity index (χ3v) is 3.42. The van der Waals surface area contributed by atoms with Gasteiger partial charge in [-0.1, -0.05) is 32.9 Å². The molecule has 1 aromatic rings. The van der Waals surface area contributed by atoms with E-state index in [-0.39, 0.29) is 12.3 Å². The number of benzene rings is 1. The molecule has 4 heteroatoms. The third-order valence-electron chi connectivity index (χ3n) is 3.42. The van der Waals surface area contributed by atoms with Crippen molar-refractivity contribution in [3.63, 3.8) is 0 Å². The highest BCUT2D eigenvalue weighted by Crippen LogP contribution is 2.28. The maximum atomic E-state index is 12.2. The first-order valence-electron chi connectivity index (χ1n) is 6.87. The third kappa shape index (κ3) is 2.50. The maximum Gasteiger partial charge on any atom is 0.306 e. The van der Waals surface area contributed by atoms with Crippen LogP contribution < -0.4 is 0 Å². The molecule has 1 unspecified atom stereocenters. The van der Waals surface area contributed by atoms with Crippen LogP contribution in [-0.4, -0.2) is 23.6 Å². The molecule has 0 aromatic heterocycles. The molecule has 0 fully saturated rings. The highest BCUT2D eigenvalue weighted by Gasteiger charge is 2.41. The predicted octanol–water partition coefficient (Wildman–Crippen LogP) is 2.90. The molecular weight excluding hydrogens is 256 g/mol. The summed E-state index contributed by atoms with van der Waals surface area (Å²) < 4.78 is 5.02. The highest BCUT2D eigenvalue weighted by atomic mass is 16.5. The first kappa shape index (κ1) is 14.4. The summed E-state index contributed by atoms with van der Waals surface area (Å²) >= 11 is 0. The molecule has 0 amide bonds. The van der Waals surface area contributed by atoms with Crippen LogP contribution in [0.3, 0.4) is 0 Å². The van der Waals surface area contributed by atoms with E-state index in [2.05, 4.69) is 0 Å². The van der Waals surface area contributed by atoms with Crippen molar-refractivity contribution in [1.29, 1.82) is 0 Å². The van der Waals surface area contributed by atoms with E-state index in [0.29, 0.717) is 17.5 Å². The number of hydrogen-bond donors (Lipinski definition) is 0. The first-order chi connectivity index (χ1) is 9.45. The lowest BCUT2D eigenvalue weighted by atomic mass is 9.98. The Bertz CT molecular complexity index is 572. The van der Waals surface area contributed by atoms with Gasteiger partial charge in [0.15, 0.2) is 0 Å². The molecule has 1 atom stereocenters. The highest BCUT2D eigenvalue weighted by molar-refractivity contribution is 6.29. The van der Waals surface area contributed by atoms with Gasteiger partial charge in [0.1, 0.15) is 0 Å². The lowest BCUT2D eigenvalue weighted by Crippen LogP contribution is -2.28. The largest absolute Gasteiger partial charge is 0.445 e. The Balaban J connectivity index is 2.28. The number of Topliss-reactive ketones (excluding diaryl/α,β-unsaturated/α-hetero) is 2. The molecule has 0 heterocycles.